The van der Waals surface area contributed by atoms with Crippen molar-refractivity contribution in [2.45, 2.75) is 52.4 Å². The van der Waals surface area contributed by atoms with Crippen LogP contribution in [0.15, 0.2) is 36.8 Å². The van der Waals surface area contributed by atoms with E-state index < -0.39 is 0 Å². The first-order valence-corrected chi connectivity index (χ1v) is 9.45. The third-order valence-electron chi connectivity index (χ3n) is 6.31. The zero-order valence-electron chi connectivity index (χ0n) is 14.7. The Balaban J connectivity index is 1.83. The minimum atomic E-state index is 0.153. The van der Waals surface area contributed by atoms with Gasteiger partial charge in [-0.15, -0.1) is 0 Å². The van der Waals surface area contributed by atoms with Crippen molar-refractivity contribution in [1.29, 1.82) is 0 Å². The van der Waals surface area contributed by atoms with Crippen molar-refractivity contribution in [2.75, 3.05) is 13.2 Å². The molecule has 2 bridgehead atoms. The monoisotopic (exact) mass is 316 g/mol. The van der Waals surface area contributed by atoms with Crippen LogP contribution in [0.4, 0.5) is 0 Å². The van der Waals surface area contributed by atoms with Crippen LogP contribution in [0.2, 0.25) is 0 Å². The maximum atomic E-state index is 5.96. The van der Waals surface area contributed by atoms with Crippen LogP contribution in [0.3, 0.4) is 0 Å². The average molecular weight is 316 g/mol. The molecule has 2 saturated carbocycles. The third kappa shape index (κ3) is 3.22. The molecule has 2 nitrogen and oxygen atoms in total. The van der Waals surface area contributed by atoms with Gasteiger partial charge < -0.3 is 9.47 Å². The SMILES string of the molecule is CC=COCC1(COC=CC)C2C=CC(C2)C1C1CCCCC1. The Bertz CT molecular complexity index is 440. The highest BCUT2D eigenvalue weighted by molar-refractivity contribution is 5.20. The second kappa shape index (κ2) is 7.59. The molecule has 0 aromatic heterocycles. The van der Waals surface area contributed by atoms with Crippen molar-refractivity contribution in [3.8, 4) is 0 Å². The molecule has 0 aliphatic heterocycles. The van der Waals surface area contributed by atoms with Crippen LogP contribution in [0.5, 0.6) is 0 Å². The van der Waals surface area contributed by atoms with Crippen LogP contribution in [-0.2, 0) is 9.47 Å². The second-order valence-electron chi connectivity index (χ2n) is 7.61. The zero-order valence-corrected chi connectivity index (χ0v) is 14.7. The molecule has 2 fully saturated rings. The first-order valence-electron chi connectivity index (χ1n) is 9.45. The number of allylic oxidation sites excluding steroid dienone is 4. The van der Waals surface area contributed by atoms with Crippen molar-refractivity contribution in [2.24, 2.45) is 29.1 Å². The maximum Gasteiger partial charge on any atom is 0.0970 e. The molecule has 0 aromatic carbocycles. The molecule has 0 heterocycles. The van der Waals surface area contributed by atoms with E-state index in [1.165, 1.54) is 38.5 Å². The van der Waals surface area contributed by atoms with E-state index in [1.807, 2.05) is 38.5 Å². The largest absolute Gasteiger partial charge is 0.501 e. The Morgan fingerprint density at radius 3 is 2.22 bits per heavy atom. The summed E-state index contributed by atoms with van der Waals surface area (Å²) in [6.07, 6.45) is 21.0. The molecule has 0 aromatic rings. The van der Waals surface area contributed by atoms with E-state index in [1.54, 1.807) is 0 Å². The molecule has 3 aliphatic rings. The molecule has 0 amide bonds. The van der Waals surface area contributed by atoms with Gasteiger partial charge in [-0.05, 0) is 43.9 Å². The van der Waals surface area contributed by atoms with Gasteiger partial charge in [0.25, 0.3) is 0 Å². The first kappa shape index (κ1) is 16.7. The number of fused-ring (bicyclic) bond motifs is 2. The summed E-state index contributed by atoms with van der Waals surface area (Å²) in [5, 5.41) is 0. The average Bonchev–Trinajstić information content (AvgIpc) is 3.16. The molecule has 0 saturated heterocycles. The van der Waals surface area contributed by atoms with E-state index in [0.29, 0.717) is 5.92 Å². The standard InChI is InChI=1S/C21H32O2/c1-3-12-22-15-21(16-23-13-4-2)19-11-10-18(14-19)20(21)17-8-6-5-7-9-17/h3-4,10-13,17-20H,5-9,14-16H2,1-2H3. The zero-order chi connectivity index (χ0) is 16.1. The number of hydrogen-bond acceptors (Lipinski definition) is 2. The molecule has 3 rings (SSSR count). The Hall–Kier alpha value is -1.18. The lowest BCUT2D eigenvalue weighted by Crippen LogP contribution is -2.46. The lowest BCUT2D eigenvalue weighted by atomic mass is 9.61. The van der Waals surface area contributed by atoms with Crippen LogP contribution >= 0.6 is 0 Å². The maximum absolute atomic E-state index is 5.96. The number of rotatable bonds is 7. The Kier molecular flexibility index (Phi) is 5.50. The summed E-state index contributed by atoms with van der Waals surface area (Å²) in [6, 6.07) is 0. The van der Waals surface area contributed by atoms with Crippen molar-refractivity contribution in [3.05, 3.63) is 36.8 Å². The van der Waals surface area contributed by atoms with Gasteiger partial charge >= 0.3 is 0 Å². The lowest BCUT2D eigenvalue weighted by Gasteiger charge is -2.45. The number of ether oxygens (including phenoxy) is 2. The van der Waals surface area contributed by atoms with E-state index in [2.05, 4.69) is 12.2 Å². The Morgan fingerprint density at radius 1 is 0.957 bits per heavy atom. The molecule has 0 spiro atoms. The van der Waals surface area contributed by atoms with Gasteiger partial charge in [0.1, 0.15) is 0 Å². The van der Waals surface area contributed by atoms with Gasteiger partial charge in [0.2, 0.25) is 0 Å². The third-order valence-corrected chi connectivity index (χ3v) is 6.31. The van der Waals surface area contributed by atoms with Gasteiger partial charge in [0.15, 0.2) is 0 Å². The fourth-order valence-corrected chi connectivity index (χ4v) is 5.45. The van der Waals surface area contributed by atoms with E-state index in [9.17, 15) is 0 Å². The topological polar surface area (TPSA) is 18.5 Å². The van der Waals surface area contributed by atoms with E-state index in [4.69, 9.17) is 9.47 Å². The van der Waals surface area contributed by atoms with Gasteiger partial charge in [-0.2, -0.15) is 0 Å². The fourth-order valence-electron chi connectivity index (χ4n) is 5.45. The summed E-state index contributed by atoms with van der Waals surface area (Å²) >= 11 is 0. The van der Waals surface area contributed by atoms with Crippen LogP contribution < -0.4 is 0 Å². The summed E-state index contributed by atoms with van der Waals surface area (Å²) < 4.78 is 11.9. The van der Waals surface area contributed by atoms with Crippen molar-refractivity contribution in [3.63, 3.8) is 0 Å². The molecular weight excluding hydrogens is 284 g/mol. The predicted molar refractivity (Wildman–Crippen MR) is 94.8 cm³/mol. The van der Waals surface area contributed by atoms with Crippen molar-refractivity contribution in [1.82, 2.24) is 0 Å². The minimum Gasteiger partial charge on any atom is -0.501 e. The van der Waals surface area contributed by atoms with E-state index in [-0.39, 0.29) is 5.41 Å². The fraction of sp³-hybridized carbons (Fsp3) is 0.714. The highest BCUT2D eigenvalue weighted by atomic mass is 16.5. The molecule has 0 radical (unpaired) electrons. The summed E-state index contributed by atoms with van der Waals surface area (Å²) in [7, 11) is 0. The van der Waals surface area contributed by atoms with Crippen LogP contribution in [0.25, 0.3) is 0 Å². The molecule has 23 heavy (non-hydrogen) atoms. The van der Waals surface area contributed by atoms with Gasteiger partial charge in [0, 0.05) is 5.41 Å². The molecule has 3 aliphatic carbocycles. The van der Waals surface area contributed by atoms with E-state index in [0.717, 1.165) is 31.0 Å². The molecule has 128 valence electrons. The predicted octanol–water partition coefficient (Wildman–Crippen LogP) is 5.48. The quantitative estimate of drug-likeness (QED) is 0.457. The van der Waals surface area contributed by atoms with Gasteiger partial charge in [0.05, 0.1) is 25.7 Å². The van der Waals surface area contributed by atoms with Gasteiger partial charge in [-0.25, -0.2) is 0 Å². The molecule has 2 heteroatoms. The van der Waals surface area contributed by atoms with Crippen molar-refractivity contribution >= 4 is 0 Å². The smallest absolute Gasteiger partial charge is 0.0970 e. The summed E-state index contributed by atoms with van der Waals surface area (Å²) in [5.74, 6) is 2.95. The van der Waals surface area contributed by atoms with Gasteiger partial charge in [-0.3, -0.25) is 0 Å². The molecule has 0 N–H and O–H groups in total. The highest BCUT2D eigenvalue weighted by Gasteiger charge is 2.58. The lowest BCUT2D eigenvalue weighted by molar-refractivity contribution is -0.0441. The van der Waals surface area contributed by atoms with Crippen LogP contribution in [0, 0.1) is 29.1 Å². The summed E-state index contributed by atoms with van der Waals surface area (Å²) in [5.41, 5.74) is 0.153. The van der Waals surface area contributed by atoms with E-state index >= 15 is 0 Å². The minimum absolute atomic E-state index is 0.153. The van der Waals surface area contributed by atoms with Gasteiger partial charge in [-0.1, -0.05) is 56.4 Å². The van der Waals surface area contributed by atoms with Crippen LogP contribution in [-0.4, -0.2) is 13.2 Å². The van der Waals surface area contributed by atoms with Crippen LogP contribution in [0.1, 0.15) is 52.4 Å². The Morgan fingerprint density at radius 2 is 1.61 bits per heavy atom. The number of hydrogen-bond donors (Lipinski definition) is 0. The first-order chi connectivity index (χ1) is 11.3. The van der Waals surface area contributed by atoms with Crippen molar-refractivity contribution < 1.29 is 9.47 Å². The molecule has 3 atom stereocenters. The normalized spacial score (nSPS) is 37.2. The molecule has 3 unspecified atom stereocenters. The second-order valence-corrected chi connectivity index (χ2v) is 7.61. The Labute approximate surface area is 141 Å². The molecular formula is C21H32O2. The summed E-state index contributed by atoms with van der Waals surface area (Å²) in [4.78, 5) is 0. The highest BCUT2D eigenvalue weighted by Crippen LogP contribution is 2.60. The summed E-state index contributed by atoms with van der Waals surface area (Å²) in [6.45, 7) is 5.62.